The first-order chi connectivity index (χ1) is 8.90. The van der Waals surface area contributed by atoms with Crippen LogP contribution in [0.15, 0.2) is 18.2 Å². The Hall–Kier alpha value is -1.55. The van der Waals surface area contributed by atoms with Crippen molar-refractivity contribution in [1.82, 2.24) is 0 Å². The largest absolute Gasteiger partial charge is 0.399 e. The molecule has 0 spiro atoms. The minimum Gasteiger partial charge on any atom is -0.399 e. The third-order valence-corrected chi connectivity index (χ3v) is 4.05. The standard InChI is InChI=1S/C15H22N2O2/c1-8-7-12(16)5-6-13(8)17-15(18)14-9(2)10(3)19-11(14)4/h5-7,9-11,14H,16H2,1-4H3,(H,17,18). The van der Waals surface area contributed by atoms with Gasteiger partial charge in [-0.15, -0.1) is 0 Å². The summed E-state index contributed by atoms with van der Waals surface area (Å²) in [5, 5.41) is 2.99. The van der Waals surface area contributed by atoms with E-state index in [0.717, 1.165) is 11.3 Å². The number of hydrogen-bond acceptors (Lipinski definition) is 3. The van der Waals surface area contributed by atoms with Gasteiger partial charge in [0.05, 0.1) is 18.1 Å². The Morgan fingerprint density at radius 2 is 1.95 bits per heavy atom. The van der Waals surface area contributed by atoms with Crippen molar-refractivity contribution in [3.05, 3.63) is 23.8 Å². The lowest BCUT2D eigenvalue weighted by Crippen LogP contribution is -2.32. The quantitative estimate of drug-likeness (QED) is 0.805. The van der Waals surface area contributed by atoms with E-state index in [1.807, 2.05) is 32.9 Å². The fraction of sp³-hybridized carbons (Fsp3) is 0.533. The van der Waals surface area contributed by atoms with Crippen LogP contribution in [-0.2, 0) is 9.53 Å². The van der Waals surface area contributed by atoms with Crippen molar-refractivity contribution < 1.29 is 9.53 Å². The zero-order valence-corrected chi connectivity index (χ0v) is 11.9. The number of rotatable bonds is 2. The van der Waals surface area contributed by atoms with Crippen molar-refractivity contribution in [2.75, 3.05) is 11.1 Å². The van der Waals surface area contributed by atoms with Crippen molar-refractivity contribution >= 4 is 17.3 Å². The normalized spacial score (nSPS) is 30.3. The maximum absolute atomic E-state index is 12.4. The van der Waals surface area contributed by atoms with Crippen LogP contribution in [0.5, 0.6) is 0 Å². The molecule has 0 aromatic heterocycles. The Labute approximate surface area is 114 Å². The lowest BCUT2D eigenvalue weighted by Gasteiger charge is -2.19. The van der Waals surface area contributed by atoms with Gasteiger partial charge in [-0.2, -0.15) is 0 Å². The van der Waals surface area contributed by atoms with E-state index in [0.29, 0.717) is 5.69 Å². The molecular formula is C15H22N2O2. The SMILES string of the molecule is Cc1cc(N)ccc1NC(=O)C1C(C)OC(C)C1C. The van der Waals surface area contributed by atoms with Crippen LogP contribution in [0.25, 0.3) is 0 Å². The summed E-state index contributed by atoms with van der Waals surface area (Å²) in [5.41, 5.74) is 8.20. The topological polar surface area (TPSA) is 64.3 Å². The maximum Gasteiger partial charge on any atom is 0.230 e. The third kappa shape index (κ3) is 2.73. The molecule has 1 fully saturated rings. The number of nitrogens with two attached hydrogens (primary N) is 1. The molecule has 4 atom stereocenters. The molecule has 19 heavy (non-hydrogen) atoms. The predicted octanol–water partition coefficient (Wildman–Crippen LogP) is 2.58. The summed E-state index contributed by atoms with van der Waals surface area (Å²) in [4.78, 5) is 12.4. The summed E-state index contributed by atoms with van der Waals surface area (Å²) in [6.45, 7) is 7.98. The third-order valence-electron chi connectivity index (χ3n) is 4.05. The Morgan fingerprint density at radius 1 is 1.26 bits per heavy atom. The smallest absolute Gasteiger partial charge is 0.230 e. The second kappa shape index (κ2) is 5.21. The number of benzene rings is 1. The van der Waals surface area contributed by atoms with Crippen LogP contribution in [0, 0.1) is 18.8 Å². The van der Waals surface area contributed by atoms with Gasteiger partial charge in [-0.1, -0.05) is 6.92 Å². The van der Waals surface area contributed by atoms with Crippen LogP contribution >= 0.6 is 0 Å². The highest BCUT2D eigenvalue weighted by molar-refractivity contribution is 5.94. The fourth-order valence-electron chi connectivity index (χ4n) is 2.76. The average molecular weight is 262 g/mol. The van der Waals surface area contributed by atoms with Crippen LogP contribution in [0.3, 0.4) is 0 Å². The monoisotopic (exact) mass is 262 g/mol. The number of amides is 1. The van der Waals surface area contributed by atoms with Gasteiger partial charge in [0.1, 0.15) is 0 Å². The Balaban J connectivity index is 2.13. The molecule has 2 rings (SSSR count). The fourth-order valence-corrected chi connectivity index (χ4v) is 2.76. The highest BCUT2D eigenvalue weighted by Crippen LogP contribution is 2.33. The van der Waals surface area contributed by atoms with Gasteiger partial charge in [-0.3, -0.25) is 4.79 Å². The summed E-state index contributed by atoms with van der Waals surface area (Å²) >= 11 is 0. The van der Waals surface area contributed by atoms with E-state index < -0.39 is 0 Å². The average Bonchev–Trinajstić information content (AvgIpc) is 2.57. The number of ether oxygens (including phenoxy) is 1. The molecule has 1 aromatic carbocycles. The first kappa shape index (κ1) is 13.9. The van der Waals surface area contributed by atoms with E-state index in [1.54, 1.807) is 6.07 Å². The molecule has 0 bridgehead atoms. The summed E-state index contributed by atoms with van der Waals surface area (Å²) in [7, 11) is 0. The number of nitrogen functional groups attached to an aromatic ring is 1. The predicted molar refractivity (Wildman–Crippen MR) is 76.9 cm³/mol. The minimum atomic E-state index is -0.105. The molecule has 4 unspecified atom stereocenters. The molecule has 4 nitrogen and oxygen atoms in total. The molecule has 1 aliphatic rings. The van der Waals surface area contributed by atoms with E-state index in [4.69, 9.17) is 10.5 Å². The van der Waals surface area contributed by atoms with Gasteiger partial charge < -0.3 is 15.8 Å². The Kier molecular flexibility index (Phi) is 3.80. The second-order valence-electron chi connectivity index (χ2n) is 5.49. The zero-order chi connectivity index (χ0) is 14.2. The van der Waals surface area contributed by atoms with Gasteiger partial charge in [0.15, 0.2) is 0 Å². The lowest BCUT2D eigenvalue weighted by atomic mass is 9.88. The van der Waals surface area contributed by atoms with Crippen LogP contribution in [0.4, 0.5) is 11.4 Å². The molecular weight excluding hydrogens is 240 g/mol. The first-order valence-corrected chi connectivity index (χ1v) is 6.72. The van der Waals surface area contributed by atoms with Gasteiger partial charge in [0.2, 0.25) is 5.91 Å². The first-order valence-electron chi connectivity index (χ1n) is 6.72. The molecule has 0 saturated carbocycles. The van der Waals surface area contributed by atoms with Crippen molar-refractivity contribution in [3.8, 4) is 0 Å². The van der Waals surface area contributed by atoms with Crippen LogP contribution in [-0.4, -0.2) is 18.1 Å². The summed E-state index contributed by atoms with van der Waals surface area (Å²) in [6, 6.07) is 5.50. The molecule has 1 heterocycles. The van der Waals surface area contributed by atoms with E-state index in [2.05, 4.69) is 12.2 Å². The molecule has 1 aliphatic heterocycles. The number of anilines is 2. The van der Waals surface area contributed by atoms with E-state index in [-0.39, 0.29) is 30.0 Å². The number of carbonyl (C=O) groups is 1. The maximum atomic E-state index is 12.4. The minimum absolute atomic E-state index is 0.0252. The molecule has 4 heteroatoms. The van der Waals surface area contributed by atoms with Crippen molar-refractivity contribution in [2.45, 2.75) is 39.9 Å². The van der Waals surface area contributed by atoms with E-state index in [9.17, 15) is 4.79 Å². The zero-order valence-electron chi connectivity index (χ0n) is 11.9. The molecule has 1 saturated heterocycles. The van der Waals surface area contributed by atoms with Gasteiger partial charge in [0.25, 0.3) is 0 Å². The van der Waals surface area contributed by atoms with Gasteiger partial charge in [-0.05, 0) is 50.5 Å². The molecule has 0 radical (unpaired) electrons. The van der Waals surface area contributed by atoms with Crippen molar-refractivity contribution in [1.29, 1.82) is 0 Å². The van der Waals surface area contributed by atoms with E-state index >= 15 is 0 Å². The van der Waals surface area contributed by atoms with Gasteiger partial charge in [0, 0.05) is 11.4 Å². The van der Waals surface area contributed by atoms with Crippen molar-refractivity contribution in [3.63, 3.8) is 0 Å². The van der Waals surface area contributed by atoms with Crippen LogP contribution in [0.1, 0.15) is 26.3 Å². The van der Waals surface area contributed by atoms with Crippen molar-refractivity contribution in [2.24, 2.45) is 11.8 Å². The Morgan fingerprint density at radius 3 is 2.47 bits per heavy atom. The Bertz CT molecular complexity index is 487. The lowest BCUT2D eigenvalue weighted by molar-refractivity contribution is -0.121. The summed E-state index contributed by atoms with van der Waals surface area (Å²) in [5.74, 6) is 0.147. The molecule has 104 valence electrons. The summed E-state index contributed by atoms with van der Waals surface area (Å²) < 4.78 is 5.71. The van der Waals surface area contributed by atoms with Crippen LogP contribution in [0.2, 0.25) is 0 Å². The highest BCUT2D eigenvalue weighted by atomic mass is 16.5. The molecule has 0 aliphatic carbocycles. The number of nitrogens with one attached hydrogen (secondary N) is 1. The summed E-state index contributed by atoms with van der Waals surface area (Å²) in [6.07, 6.45) is 0.0809. The van der Waals surface area contributed by atoms with Gasteiger partial charge >= 0.3 is 0 Å². The second-order valence-corrected chi connectivity index (χ2v) is 5.49. The molecule has 1 aromatic rings. The van der Waals surface area contributed by atoms with E-state index in [1.165, 1.54) is 0 Å². The molecule has 3 N–H and O–H groups in total. The van der Waals surface area contributed by atoms with Crippen LogP contribution < -0.4 is 11.1 Å². The molecule has 1 amide bonds. The number of aryl methyl sites for hydroxylation is 1. The number of carbonyl (C=O) groups excluding carboxylic acids is 1. The van der Waals surface area contributed by atoms with Gasteiger partial charge in [-0.25, -0.2) is 0 Å². The number of hydrogen-bond donors (Lipinski definition) is 2. The highest BCUT2D eigenvalue weighted by Gasteiger charge is 2.41.